The van der Waals surface area contributed by atoms with Crippen LogP contribution in [0.25, 0.3) is 33.1 Å². The maximum Gasteiger partial charge on any atom is 0.162 e. The molecule has 2 aromatic heterocycles. The number of nitrogens with zero attached hydrogens (tertiary/aromatic N) is 3. The van der Waals surface area contributed by atoms with E-state index >= 15 is 0 Å². The molecule has 0 bridgehead atoms. The second-order valence-electron chi connectivity index (χ2n) is 7.14. The fourth-order valence-corrected chi connectivity index (χ4v) is 4.01. The van der Waals surface area contributed by atoms with E-state index < -0.39 is 0 Å². The van der Waals surface area contributed by atoms with Crippen molar-refractivity contribution in [2.75, 3.05) is 18.0 Å². The molecular weight excluding hydrogens is 354 g/mol. The molecule has 0 unspecified atom stereocenters. The van der Waals surface area contributed by atoms with Gasteiger partial charge in [-0.05, 0) is 55.2 Å². The molecule has 1 aliphatic heterocycles. The second-order valence-corrected chi connectivity index (χ2v) is 7.58. The normalized spacial score (nSPS) is 14.8. The highest BCUT2D eigenvalue weighted by atomic mass is 35.5. The summed E-state index contributed by atoms with van der Waals surface area (Å²) < 4.78 is 0. The molecule has 2 aromatic carbocycles. The molecule has 0 spiro atoms. The van der Waals surface area contributed by atoms with E-state index in [0.29, 0.717) is 0 Å². The van der Waals surface area contributed by atoms with Gasteiger partial charge in [0.2, 0.25) is 0 Å². The zero-order valence-corrected chi connectivity index (χ0v) is 15.8. The van der Waals surface area contributed by atoms with Gasteiger partial charge in [0.25, 0.3) is 0 Å². The Morgan fingerprint density at radius 3 is 2.37 bits per heavy atom. The maximum atomic E-state index is 6.11. The molecule has 0 aliphatic carbocycles. The molecule has 0 atom stereocenters. The molecule has 1 saturated heterocycles. The van der Waals surface area contributed by atoms with Crippen LogP contribution in [0.1, 0.15) is 19.3 Å². The van der Waals surface area contributed by atoms with Gasteiger partial charge in [-0.25, -0.2) is 9.97 Å². The third-order valence-corrected chi connectivity index (χ3v) is 5.55. The molecule has 0 radical (unpaired) electrons. The molecule has 1 aliphatic rings. The van der Waals surface area contributed by atoms with Crippen molar-refractivity contribution in [2.24, 2.45) is 0 Å². The zero-order chi connectivity index (χ0) is 18.2. The summed E-state index contributed by atoms with van der Waals surface area (Å²) in [6, 6.07) is 20.7. The van der Waals surface area contributed by atoms with Gasteiger partial charge in [0.05, 0.1) is 5.52 Å². The number of benzene rings is 2. The van der Waals surface area contributed by atoms with E-state index in [-0.39, 0.29) is 0 Å². The second kappa shape index (κ2) is 6.82. The summed E-state index contributed by atoms with van der Waals surface area (Å²) in [7, 11) is 0. The minimum Gasteiger partial charge on any atom is -0.356 e. The van der Waals surface area contributed by atoms with Gasteiger partial charge in [0.15, 0.2) is 5.65 Å². The van der Waals surface area contributed by atoms with E-state index in [1.165, 1.54) is 19.3 Å². The predicted octanol–water partition coefficient (Wildman–Crippen LogP) is 6.09. The fraction of sp³-hybridized carbons (Fsp3) is 0.217. The number of hydrogen-bond donors (Lipinski definition) is 0. The predicted molar refractivity (Wildman–Crippen MR) is 114 cm³/mol. The van der Waals surface area contributed by atoms with Crippen LogP contribution in [0.2, 0.25) is 5.02 Å². The van der Waals surface area contributed by atoms with Crippen LogP contribution in [-0.4, -0.2) is 23.1 Å². The Morgan fingerprint density at radius 1 is 0.778 bits per heavy atom. The fourth-order valence-electron chi connectivity index (χ4n) is 3.89. The lowest BCUT2D eigenvalue weighted by Crippen LogP contribution is -2.30. The van der Waals surface area contributed by atoms with E-state index in [1.54, 1.807) is 0 Å². The van der Waals surface area contributed by atoms with Crippen LogP contribution in [0, 0.1) is 0 Å². The van der Waals surface area contributed by atoms with Crippen LogP contribution in [0.15, 0.2) is 60.7 Å². The quantitative estimate of drug-likeness (QED) is 0.398. The van der Waals surface area contributed by atoms with Crippen molar-refractivity contribution in [3.8, 4) is 11.1 Å². The number of para-hydroxylation sites is 1. The summed E-state index contributed by atoms with van der Waals surface area (Å²) in [6.45, 7) is 2.10. The topological polar surface area (TPSA) is 29.0 Å². The molecule has 4 heteroatoms. The van der Waals surface area contributed by atoms with Gasteiger partial charge in [-0.1, -0.05) is 41.9 Å². The SMILES string of the molecule is Clc1ccc(-c2cc3cc4ccccc4nc3nc2N2CCCCC2)cc1. The van der Waals surface area contributed by atoms with E-state index in [2.05, 4.69) is 35.2 Å². The van der Waals surface area contributed by atoms with Gasteiger partial charge in [0, 0.05) is 34.4 Å². The molecule has 0 amide bonds. The largest absolute Gasteiger partial charge is 0.356 e. The first-order valence-electron chi connectivity index (χ1n) is 9.49. The lowest BCUT2D eigenvalue weighted by Gasteiger charge is -2.29. The van der Waals surface area contributed by atoms with E-state index in [0.717, 1.165) is 57.0 Å². The molecule has 0 saturated carbocycles. The Kier molecular flexibility index (Phi) is 4.17. The number of pyridine rings is 2. The number of anilines is 1. The van der Waals surface area contributed by atoms with Gasteiger partial charge in [-0.15, -0.1) is 0 Å². The summed E-state index contributed by atoms with van der Waals surface area (Å²) in [6.07, 6.45) is 3.72. The van der Waals surface area contributed by atoms with Crippen LogP contribution in [0.5, 0.6) is 0 Å². The van der Waals surface area contributed by atoms with Crippen molar-refractivity contribution in [1.29, 1.82) is 0 Å². The van der Waals surface area contributed by atoms with Crippen LogP contribution in [-0.2, 0) is 0 Å². The third-order valence-electron chi connectivity index (χ3n) is 5.30. The van der Waals surface area contributed by atoms with Gasteiger partial charge >= 0.3 is 0 Å². The Labute approximate surface area is 163 Å². The van der Waals surface area contributed by atoms with Crippen LogP contribution in [0.3, 0.4) is 0 Å². The van der Waals surface area contributed by atoms with Gasteiger partial charge in [-0.3, -0.25) is 0 Å². The molecule has 1 fully saturated rings. The van der Waals surface area contributed by atoms with Gasteiger partial charge in [0.1, 0.15) is 5.82 Å². The highest BCUT2D eigenvalue weighted by Gasteiger charge is 2.19. The van der Waals surface area contributed by atoms with E-state index in [1.807, 2.05) is 30.3 Å². The van der Waals surface area contributed by atoms with Gasteiger partial charge < -0.3 is 4.90 Å². The molecule has 3 nitrogen and oxygen atoms in total. The van der Waals surface area contributed by atoms with Crippen molar-refractivity contribution >= 4 is 39.4 Å². The van der Waals surface area contributed by atoms with Crippen molar-refractivity contribution in [3.63, 3.8) is 0 Å². The summed E-state index contributed by atoms with van der Waals surface area (Å²) in [5, 5.41) is 2.96. The van der Waals surface area contributed by atoms with Gasteiger partial charge in [-0.2, -0.15) is 0 Å². The lowest BCUT2D eigenvalue weighted by atomic mass is 10.0. The lowest BCUT2D eigenvalue weighted by molar-refractivity contribution is 0.574. The van der Waals surface area contributed by atoms with E-state index in [9.17, 15) is 0 Å². The Morgan fingerprint density at radius 2 is 1.56 bits per heavy atom. The zero-order valence-electron chi connectivity index (χ0n) is 15.0. The summed E-state index contributed by atoms with van der Waals surface area (Å²) in [5.74, 6) is 1.03. The molecule has 5 rings (SSSR count). The Bertz CT molecular complexity index is 1120. The van der Waals surface area contributed by atoms with Crippen molar-refractivity contribution in [3.05, 3.63) is 65.7 Å². The Balaban J connectivity index is 1.75. The van der Waals surface area contributed by atoms with Crippen LogP contribution in [0.4, 0.5) is 5.82 Å². The van der Waals surface area contributed by atoms with Crippen LogP contribution >= 0.6 is 11.6 Å². The standard InChI is InChI=1S/C23H20ClN3/c24-19-10-8-16(9-11-19)20-15-18-14-17-6-2-3-7-21(17)25-22(18)26-23(20)27-12-4-1-5-13-27/h2-3,6-11,14-15H,1,4-5,12-13H2. The first-order valence-corrected chi connectivity index (χ1v) is 9.87. The minimum absolute atomic E-state index is 0.750. The van der Waals surface area contributed by atoms with E-state index in [4.69, 9.17) is 21.6 Å². The van der Waals surface area contributed by atoms with Crippen molar-refractivity contribution in [1.82, 2.24) is 9.97 Å². The minimum atomic E-state index is 0.750. The Hall–Kier alpha value is -2.65. The van der Waals surface area contributed by atoms with Crippen LogP contribution < -0.4 is 4.90 Å². The molecule has 4 aromatic rings. The van der Waals surface area contributed by atoms with Crippen molar-refractivity contribution in [2.45, 2.75) is 19.3 Å². The average Bonchev–Trinajstić information content (AvgIpc) is 2.72. The smallest absolute Gasteiger partial charge is 0.162 e. The first-order chi connectivity index (χ1) is 13.3. The highest BCUT2D eigenvalue weighted by molar-refractivity contribution is 6.30. The molecular formula is C23H20ClN3. The number of hydrogen-bond acceptors (Lipinski definition) is 3. The molecule has 3 heterocycles. The third kappa shape index (κ3) is 3.13. The average molecular weight is 374 g/mol. The maximum absolute atomic E-state index is 6.11. The monoisotopic (exact) mass is 373 g/mol. The molecule has 27 heavy (non-hydrogen) atoms. The summed E-state index contributed by atoms with van der Waals surface area (Å²) in [5.41, 5.74) is 4.09. The number of piperidine rings is 1. The number of aromatic nitrogens is 2. The molecule has 134 valence electrons. The summed E-state index contributed by atoms with van der Waals surface area (Å²) >= 11 is 6.11. The summed E-state index contributed by atoms with van der Waals surface area (Å²) in [4.78, 5) is 12.3. The molecule has 0 N–H and O–H groups in total. The number of fused-ring (bicyclic) bond motifs is 2. The highest BCUT2D eigenvalue weighted by Crippen LogP contribution is 2.34. The number of halogens is 1. The first kappa shape index (κ1) is 16.5. The number of rotatable bonds is 2. The van der Waals surface area contributed by atoms with Crippen molar-refractivity contribution < 1.29 is 0 Å².